The highest BCUT2D eigenvalue weighted by molar-refractivity contribution is 5.02. The van der Waals surface area contributed by atoms with E-state index in [1.165, 1.54) is 0 Å². The van der Waals surface area contributed by atoms with Crippen molar-refractivity contribution in [3.63, 3.8) is 0 Å². The zero-order valence-corrected chi connectivity index (χ0v) is 8.09. The van der Waals surface area contributed by atoms with Crippen LogP contribution in [0.3, 0.4) is 0 Å². The summed E-state index contributed by atoms with van der Waals surface area (Å²) in [6.07, 6.45) is -1.29. The average molecular weight is 223 g/mol. The Bertz CT molecular complexity index is 267. The van der Waals surface area contributed by atoms with Crippen LogP contribution in [0.2, 0.25) is 0 Å². The molecule has 3 nitrogen and oxygen atoms in total. The summed E-state index contributed by atoms with van der Waals surface area (Å²) in [5.74, 6) is -0.532. The molecule has 0 heterocycles. The summed E-state index contributed by atoms with van der Waals surface area (Å²) in [5.41, 5.74) is -0.679. The summed E-state index contributed by atoms with van der Waals surface area (Å²) < 4.78 is 36.1. The van der Waals surface area contributed by atoms with Gasteiger partial charge in [0.05, 0.1) is 11.0 Å². The van der Waals surface area contributed by atoms with E-state index in [1.807, 2.05) is 0 Å². The average Bonchev–Trinajstić information content (AvgIpc) is 2.14. The molecule has 1 rings (SSSR count). The van der Waals surface area contributed by atoms with Crippen LogP contribution in [0.5, 0.6) is 0 Å². The van der Waals surface area contributed by atoms with E-state index in [0.717, 1.165) is 19.3 Å². The zero-order valence-electron chi connectivity index (χ0n) is 8.09. The third-order valence-corrected chi connectivity index (χ3v) is 2.55. The van der Waals surface area contributed by atoms with E-state index in [1.54, 1.807) is 0 Å². The molecule has 0 aliphatic heterocycles. The van der Waals surface area contributed by atoms with Gasteiger partial charge in [-0.05, 0) is 12.8 Å². The molecule has 0 N–H and O–H groups in total. The predicted molar refractivity (Wildman–Crippen MR) is 47.7 cm³/mol. The van der Waals surface area contributed by atoms with Crippen LogP contribution in [0, 0.1) is 16.0 Å². The number of rotatable bonds is 2. The number of hydrogen-bond acceptors (Lipinski definition) is 2. The molecule has 1 saturated carbocycles. The lowest BCUT2D eigenvalue weighted by molar-refractivity contribution is -0.436. The van der Waals surface area contributed by atoms with E-state index in [9.17, 15) is 23.3 Å². The third kappa shape index (κ3) is 3.89. The molecule has 0 atom stereocenters. The van der Waals surface area contributed by atoms with E-state index in [0.29, 0.717) is 12.8 Å². The normalized spacial score (nSPS) is 20.3. The minimum absolute atomic E-state index is 0.164. The van der Waals surface area contributed by atoms with Crippen molar-refractivity contribution >= 4 is 0 Å². The SMILES string of the molecule is O=[N+]([O-])C(=CC(F)(F)F)C1CCCCC1. The van der Waals surface area contributed by atoms with Crippen LogP contribution in [-0.4, -0.2) is 11.1 Å². The number of nitrogens with zero attached hydrogens (tertiary/aromatic N) is 1. The summed E-state index contributed by atoms with van der Waals surface area (Å²) in [6, 6.07) is 0. The summed E-state index contributed by atoms with van der Waals surface area (Å²) >= 11 is 0. The fourth-order valence-electron chi connectivity index (χ4n) is 1.89. The Morgan fingerprint density at radius 1 is 1.27 bits per heavy atom. The molecule has 1 aliphatic carbocycles. The van der Waals surface area contributed by atoms with Gasteiger partial charge in [0.15, 0.2) is 0 Å². The van der Waals surface area contributed by atoms with Gasteiger partial charge < -0.3 is 0 Å². The first kappa shape index (κ1) is 12.0. The standard InChI is InChI=1S/C9H12F3NO2/c10-9(11,12)6-8(13(14)15)7-4-2-1-3-5-7/h6-7H,1-5H2. The molecule has 6 heteroatoms. The second-order valence-corrected chi connectivity index (χ2v) is 3.70. The smallest absolute Gasteiger partial charge is 0.259 e. The molecule has 0 aromatic heterocycles. The first-order valence-corrected chi connectivity index (χ1v) is 4.84. The van der Waals surface area contributed by atoms with E-state index in [-0.39, 0.29) is 6.08 Å². The fourth-order valence-corrected chi connectivity index (χ4v) is 1.89. The molecule has 15 heavy (non-hydrogen) atoms. The highest BCUT2D eigenvalue weighted by atomic mass is 19.4. The second-order valence-electron chi connectivity index (χ2n) is 3.70. The van der Waals surface area contributed by atoms with Crippen LogP contribution in [-0.2, 0) is 0 Å². The monoisotopic (exact) mass is 223 g/mol. The Hall–Kier alpha value is -1.07. The van der Waals surface area contributed by atoms with Crippen molar-refractivity contribution in [2.45, 2.75) is 38.3 Å². The Morgan fingerprint density at radius 2 is 1.80 bits per heavy atom. The van der Waals surface area contributed by atoms with Gasteiger partial charge in [-0.2, -0.15) is 13.2 Å². The minimum atomic E-state index is -4.60. The molecule has 86 valence electrons. The molecular weight excluding hydrogens is 211 g/mol. The van der Waals surface area contributed by atoms with Crippen molar-refractivity contribution in [2.24, 2.45) is 5.92 Å². The highest BCUT2D eigenvalue weighted by Gasteiger charge is 2.34. The van der Waals surface area contributed by atoms with Gasteiger partial charge in [-0.3, -0.25) is 10.1 Å². The van der Waals surface area contributed by atoms with Crippen molar-refractivity contribution in [1.82, 2.24) is 0 Å². The molecule has 1 fully saturated rings. The van der Waals surface area contributed by atoms with Crippen LogP contribution in [0.4, 0.5) is 13.2 Å². The molecule has 0 saturated heterocycles. The maximum absolute atomic E-state index is 12.0. The van der Waals surface area contributed by atoms with Gasteiger partial charge in [0.1, 0.15) is 0 Å². The molecule has 0 spiro atoms. The van der Waals surface area contributed by atoms with Crippen molar-refractivity contribution in [1.29, 1.82) is 0 Å². The van der Waals surface area contributed by atoms with Gasteiger partial charge in [0.2, 0.25) is 0 Å². The van der Waals surface area contributed by atoms with E-state index < -0.39 is 22.7 Å². The number of alkyl halides is 3. The maximum atomic E-state index is 12.0. The highest BCUT2D eigenvalue weighted by Crippen LogP contribution is 2.32. The Kier molecular flexibility index (Phi) is 3.71. The lowest BCUT2D eigenvalue weighted by Gasteiger charge is -2.19. The Balaban J connectivity index is 2.82. The molecule has 0 bridgehead atoms. The molecule has 0 unspecified atom stereocenters. The van der Waals surface area contributed by atoms with E-state index in [2.05, 4.69) is 0 Å². The molecule has 0 radical (unpaired) electrons. The molecular formula is C9H12F3NO2. The van der Waals surface area contributed by atoms with Crippen molar-refractivity contribution in [3.8, 4) is 0 Å². The molecule has 0 aromatic rings. The van der Waals surface area contributed by atoms with Crippen LogP contribution in [0.1, 0.15) is 32.1 Å². The van der Waals surface area contributed by atoms with Crippen molar-refractivity contribution < 1.29 is 18.1 Å². The van der Waals surface area contributed by atoms with Gasteiger partial charge in [-0.1, -0.05) is 19.3 Å². The number of hydrogen-bond donors (Lipinski definition) is 0. The Morgan fingerprint density at radius 3 is 2.20 bits per heavy atom. The largest absolute Gasteiger partial charge is 0.415 e. The first-order chi connectivity index (χ1) is 6.90. The van der Waals surface area contributed by atoms with Gasteiger partial charge in [0, 0.05) is 5.92 Å². The van der Waals surface area contributed by atoms with Gasteiger partial charge >= 0.3 is 6.18 Å². The van der Waals surface area contributed by atoms with Crippen LogP contribution in [0.25, 0.3) is 0 Å². The van der Waals surface area contributed by atoms with Crippen LogP contribution >= 0.6 is 0 Å². The Labute approximate surface area is 85.1 Å². The molecule has 1 aliphatic rings. The summed E-state index contributed by atoms with van der Waals surface area (Å²) in [5, 5.41) is 10.5. The maximum Gasteiger partial charge on any atom is 0.415 e. The fraction of sp³-hybridized carbons (Fsp3) is 0.778. The lowest BCUT2D eigenvalue weighted by atomic mass is 9.87. The second kappa shape index (κ2) is 4.63. The van der Waals surface area contributed by atoms with Gasteiger partial charge in [-0.15, -0.1) is 0 Å². The molecule has 0 aromatic carbocycles. The minimum Gasteiger partial charge on any atom is -0.259 e. The predicted octanol–water partition coefficient (Wildman–Crippen LogP) is 3.29. The van der Waals surface area contributed by atoms with Crippen LogP contribution in [0.15, 0.2) is 11.8 Å². The quantitative estimate of drug-likeness (QED) is 0.532. The third-order valence-electron chi connectivity index (χ3n) is 2.55. The van der Waals surface area contributed by atoms with E-state index >= 15 is 0 Å². The topological polar surface area (TPSA) is 43.1 Å². The molecule has 0 amide bonds. The summed E-state index contributed by atoms with van der Waals surface area (Å²) in [7, 11) is 0. The van der Waals surface area contributed by atoms with Crippen molar-refractivity contribution in [2.75, 3.05) is 0 Å². The van der Waals surface area contributed by atoms with Gasteiger partial charge in [0.25, 0.3) is 5.70 Å². The van der Waals surface area contributed by atoms with E-state index in [4.69, 9.17) is 0 Å². The zero-order chi connectivity index (χ0) is 11.5. The summed E-state index contributed by atoms with van der Waals surface area (Å²) in [4.78, 5) is 9.61. The van der Waals surface area contributed by atoms with Gasteiger partial charge in [-0.25, -0.2) is 0 Å². The number of nitro groups is 1. The lowest BCUT2D eigenvalue weighted by Crippen LogP contribution is -2.18. The summed E-state index contributed by atoms with van der Waals surface area (Å²) in [6.45, 7) is 0. The number of halogens is 3. The number of allylic oxidation sites excluding steroid dienone is 2. The van der Waals surface area contributed by atoms with Crippen molar-refractivity contribution in [3.05, 3.63) is 21.9 Å². The first-order valence-electron chi connectivity index (χ1n) is 4.84. The van der Waals surface area contributed by atoms with Crippen LogP contribution < -0.4 is 0 Å².